The standard InChI is InChI=1S/C12H17NO3/c1-8-6-9(4-5-10(8)14)7-12(2,3)13-11(15)16/h4-6,13-14H,7H2,1-3H3,(H,15,16). The van der Waals surface area contributed by atoms with Crippen molar-refractivity contribution in [2.24, 2.45) is 0 Å². The molecule has 0 heterocycles. The third kappa shape index (κ3) is 3.46. The summed E-state index contributed by atoms with van der Waals surface area (Å²) in [6.45, 7) is 5.46. The number of hydrogen-bond donors (Lipinski definition) is 3. The van der Waals surface area contributed by atoms with Gasteiger partial charge in [-0.3, -0.25) is 0 Å². The number of carbonyl (C=O) groups is 1. The number of aryl methyl sites for hydroxylation is 1. The molecule has 0 atom stereocenters. The van der Waals surface area contributed by atoms with Gasteiger partial charge in [0.2, 0.25) is 0 Å². The molecule has 16 heavy (non-hydrogen) atoms. The molecule has 0 radical (unpaired) electrons. The maximum atomic E-state index is 10.6. The van der Waals surface area contributed by atoms with Crippen LogP contribution in [0.25, 0.3) is 0 Å². The van der Waals surface area contributed by atoms with Gasteiger partial charge in [-0.05, 0) is 44.4 Å². The molecule has 1 aromatic rings. The zero-order chi connectivity index (χ0) is 12.3. The Balaban J connectivity index is 2.79. The summed E-state index contributed by atoms with van der Waals surface area (Å²) in [6, 6.07) is 5.29. The molecule has 3 N–H and O–H groups in total. The van der Waals surface area contributed by atoms with Crippen molar-refractivity contribution in [3.63, 3.8) is 0 Å². The first-order valence-corrected chi connectivity index (χ1v) is 5.10. The third-order valence-corrected chi connectivity index (χ3v) is 2.35. The molecule has 0 aliphatic rings. The Hall–Kier alpha value is -1.71. The van der Waals surface area contributed by atoms with Crippen molar-refractivity contribution < 1.29 is 15.0 Å². The van der Waals surface area contributed by atoms with Crippen LogP contribution >= 0.6 is 0 Å². The van der Waals surface area contributed by atoms with E-state index in [9.17, 15) is 9.90 Å². The Bertz CT molecular complexity index is 399. The highest BCUT2D eigenvalue weighted by Gasteiger charge is 2.20. The minimum Gasteiger partial charge on any atom is -0.508 e. The molecule has 0 fully saturated rings. The van der Waals surface area contributed by atoms with E-state index in [1.54, 1.807) is 12.1 Å². The maximum Gasteiger partial charge on any atom is 0.405 e. The largest absolute Gasteiger partial charge is 0.508 e. The number of amides is 1. The Kier molecular flexibility index (Phi) is 3.42. The fourth-order valence-corrected chi connectivity index (χ4v) is 1.67. The first kappa shape index (κ1) is 12.4. The highest BCUT2D eigenvalue weighted by Crippen LogP contribution is 2.20. The maximum absolute atomic E-state index is 10.6. The van der Waals surface area contributed by atoms with Crippen molar-refractivity contribution in [1.82, 2.24) is 5.32 Å². The summed E-state index contributed by atoms with van der Waals surface area (Å²) in [5.74, 6) is 0.257. The molecule has 0 unspecified atom stereocenters. The number of rotatable bonds is 3. The average molecular weight is 223 g/mol. The van der Waals surface area contributed by atoms with Gasteiger partial charge < -0.3 is 15.5 Å². The van der Waals surface area contributed by atoms with Gasteiger partial charge in [-0.1, -0.05) is 12.1 Å². The summed E-state index contributed by atoms with van der Waals surface area (Å²) < 4.78 is 0. The first-order valence-electron chi connectivity index (χ1n) is 5.10. The van der Waals surface area contributed by atoms with Crippen LogP contribution in [0.3, 0.4) is 0 Å². The van der Waals surface area contributed by atoms with Crippen LogP contribution in [-0.2, 0) is 6.42 Å². The molecule has 1 rings (SSSR count). The average Bonchev–Trinajstić information content (AvgIpc) is 2.08. The van der Waals surface area contributed by atoms with Gasteiger partial charge in [0.05, 0.1) is 0 Å². The van der Waals surface area contributed by atoms with Crippen LogP contribution in [0.1, 0.15) is 25.0 Å². The zero-order valence-corrected chi connectivity index (χ0v) is 9.74. The lowest BCUT2D eigenvalue weighted by Crippen LogP contribution is -2.44. The normalized spacial score (nSPS) is 11.2. The second-order valence-electron chi connectivity index (χ2n) is 4.61. The number of nitrogens with one attached hydrogen (secondary N) is 1. The van der Waals surface area contributed by atoms with Crippen LogP contribution in [0.5, 0.6) is 5.75 Å². The number of phenols is 1. The van der Waals surface area contributed by atoms with Crippen molar-refractivity contribution in [2.45, 2.75) is 32.7 Å². The molecule has 0 bridgehead atoms. The van der Waals surface area contributed by atoms with Gasteiger partial charge in [0.15, 0.2) is 0 Å². The van der Waals surface area contributed by atoms with E-state index in [0.29, 0.717) is 6.42 Å². The summed E-state index contributed by atoms with van der Waals surface area (Å²) >= 11 is 0. The lowest BCUT2D eigenvalue weighted by Gasteiger charge is -2.24. The van der Waals surface area contributed by atoms with E-state index in [1.165, 1.54) is 0 Å². The van der Waals surface area contributed by atoms with E-state index in [0.717, 1.165) is 11.1 Å². The van der Waals surface area contributed by atoms with Crippen LogP contribution in [0.2, 0.25) is 0 Å². The van der Waals surface area contributed by atoms with Gasteiger partial charge in [-0.15, -0.1) is 0 Å². The van der Waals surface area contributed by atoms with E-state index in [-0.39, 0.29) is 5.75 Å². The van der Waals surface area contributed by atoms with E-state index >= 15 is 0 Å². The smallest absolute Gasteiger partial charge is 0.405 e. The number of carboxylic acid groups (broad SMARTS) is 1. The van der Waals surface area contributed by atoms with Gasteiger partial charge in [0.25, 0.3) is 0 Å². The predicted molar refractivity (Wildman–Crippen MR) is 61.8 cm³/mol. The minimum absolute atomic E-state index is 0.257. The fraction of sp³-hybridized carbons (Fsp3) is 0.417. The number of aromatic hydroxyl groups is 1. The monoisotopic (exact) mass is 223 g/mol. The Morgan fingerprint density at radius 2 is 2.06 bits per heavy atom. The van der Waals surface area contributed by atoms with Gasteiger partial charge in [0.1, 0.15) is 5.75 Å². The molecule has 1 amide bonds. The third-order valence-electron chi connectivity index (χ3n) is 2.35. The second kappa shape index (κ2) is 4.43. The fourth-order valence-electron chi connectivity index (χ4n) is 1.67. The molecule has 0 aromatic heterocycles. The second-order valence-corrected chi connectivity index (χ2v) is 4.61. The van der Waals surface area contributed by atoms with Crippen molar-refractivity contribution in [1.29, 1.82) is 0 Å². The van der Waals surface area contributed by atoms with Crippen LogP contribution in [-0.4, -0.2) is 21.8 Å². The van der Waals surface area contributed by atoms with Crippen molar-refractivity contribution in [2.75, 3.05) is 0 Å². The number of benzene rings is 1. The van der Waals surface area contributed by atoms with Crippen LogP contribution < -0.4 is 5.32 Å². The Morgan fingerprint density at radius 3 is 2.56 bits per heavy atom. The van der Waals surface area contributed by atoms with Crippen molar-refractivity contribution >= 4 is 6.09 Å². The summed E-state index contributed by atoms with van der Waals surface area (Å²) in [7, 11) is 0. The molecular weight excluding hydrogens is 206 g/mol. The van der Waals surface area contributed by atoms with Crippen molar-refractivity contribution in [3.05, 3.63) is 29.3 Å². The highest BCUT2D eigenvalue weighted by molar-refractivity contribution is 5.65. The molecule has 88 valence electrons. The van der Waals surface area contributed by atoms with Gasteiger partial charge in [-0.2, -0.15) is 0 Å². The summed E-state index contributed by atoms with van der Waals surface area (Å²) in [4.78, 5) is 10.6. The molecular formula is C12H17NO3. The summed E-state index contributed by atoms with van der Waals surface area (Å²) in [6.07, 6.45) is -0.444. The minimum atomic E-state index is -1.03. The lowest BCUT2D eigenvalue weighted by molar-refractivity contribution is 0.182. The molecule has 0 spiro atoms. The lowest BCUT2D eigenvalue weighted by atomic mass is 9.94. The first-order chi connectivity index (χ1) is 7.30. The Labute approximate surface area is 94.9 Å². The quantitative estimate of drug-likeness (QED) is 0.736. The van der Waals surface area contributed by atoms with Gasteiger partial charge in [0, 0.05) is 5.54 Å². The zero-order valence-electron chi connectivity index (χ0n) is 9.74. The number of hydrogen-bond acceptors (Lipinski definition) is 2. The van der Waals surface area contributed by atoms with Crippen LogP contribution in [0, 0.1) is 6.92 Å². The molecule has 4 nitrogen and oxygen atoms in total. The summed E-state index contributed by atoms with van der Waals surface area (Å²) in [5, 5.41) is 20.5. The van der Waals surface area contributed by atoms with Crippen molar-refractivity contribution in [3.8, 4) is 5.75 Å². The SMILES string of the molecule is Cc1cc(CC(C)(C)NC(=O)O)ccc1O. The molecule has 0 saturated carbocycles. The molecule has 1 aromatic carbocycles. The Morgan fingerprint density at radius 1 is 1.44 bits per heavy atom. The van der Waals surface area contributed by atoms with Crippen LogP contribution in [0.15, 0.2) is 18.2 Å². The molecule has 0 saturated heterocycles. The molecule has 0 aliphatic heterocycles. The van der Waals surface area contributed by atoms with Crippen LogP contribution in [0.4, 0.5) is 4.79 Å². The highest BCUT2D eigenvalue weighted by atomic mass is 16.4. The van der Waals surface area contributed by atoms with E-state index in [4.69, 9.17) is 5.11 Å². The predicted octanol–water partition coefficient (Wildman–Crippen LogP) is 2.29. The summed E-state index contributed by atoms with van der Waals surface area (Å²) in [5.41, 5.74) is 1.27. The molecule has 4 heteroatoms. The number of phenolic OH excluding ortho intramolecular Hbond substituents is 1. The van der Waals surface area contributed by atoms with Gasteiger partial charge >= 0.3 is 6.09 Å². The van der Waals surface area contributed by atoms with E-state index in [2.05, 4.69) is 5.32 Å². The van der Waals surface area contributed by atoms with E-state index < -0.39 is 11.6 Å². The van der Waals surface area contributed by atoms with E-state index in [1.807, 2.05) is 26.8 Å². The molecule has 0 aliphatic carbocycles. The topological polar surface area (TPSA) is 69.6 Å². The van der Waals surface area contributed by atoms with Gasteiger partial charge in [-0.25, -0.2) is 4.79 Å².